The number of carbonyl (C=O) groups is 2. The molecule has 0 atom stereocenters. The van der Waals surface area contributed by atoms with Crippen LogP contribution in [0.2, 0.25) is 0 Å². The zero-order valence-electron chi connectivity index (χ0n) is 10.9. The van der Waals surface area contributed by atoms with Crippen LogP contribution in [0.25, 0.3) is 0 Å². The fraction of sp³-hybridized carbons (Fsp3) is 0.385. The standard InChI is InChI=1S/C13H18N2O3/c1-4-15(8-12(16)18-3)13(17)10-7-9(2)5-6-11(10)14/h5-7H,4,8,14H2,1-3H3. The summed E-state index contributed by atoms with van der Waals surface area (Å²) >= 11 is 0. The molecule has 1 rings (SSSR count). The maximum absolute atomic E-state index is 12.2. The number of ether oxygens (including phenoxy) is 1. The number of nitrogen functional groups attached to an aromatic ring is 1. The summed E-state index contributed by atoms with van der Waals surface area (Å²) in [6.07, 6.45) is 0. The van der Waals surface area contributed by atoms with Gasteiger partial charge in [0.2, 0.25) is 0 Å². The van der Waals surface area contributed by atoms with Gasteiger partial charge in [-0.1, -0.05) is 11.6 Å². The SMILES string of the molecule is CCN(CC(=O)OC)C(=O)c1cc(C)ccc1N. The van der Waals surface area contributed by atoms with E-state index in [0.717, 1.165) is 5.56 Å². The quantitative estimate of drug-likeness (QED) is 0.644. The number of hydrogen-bond donors (Lipinski definition) is 1. The predicted molar refractivity (Wildman–Crippen MR) is 69.2 cm³/mol. The van der Waals surface area contributed by atoms with Gasteiger partial charge in [-0.15, -0.1) is 0 Å². The number of esters is 1. The fourth-order valence-corrected chi connectivity index (χ4v) is 1.57. The van der Waals surface area contributed by atoms with Gasteiger partial charge in [0.15, 0.2) is 0 Å². The molecule has 1 amide bonds. The number of nitrogens with two attached hydrogens (primary N) is 1. The molecular weight excluding hydrogens is 232 g/mol. The second kappa shape index (κ2) is 6.05. The summed E-state index contributed by atoms with van der Waals surface area (Å²) in [6, 6.07) is 5.24. The number of benzene rings is 1. The van der Waals surface area contributed by atoms with Gasteiger partial charge in [0.1, 0.15) is 6.54 Å². The van der Waals surface area contributed by atoms with Gasteiger partial charge >= 0.3 is 5.97 Å². The summed E-state index contributed by atoms with van der Waals surface area (Å²) in [7, 11) is 1.29. The first-order valence-electron chi connectivity index (χ1n) is 5.71. The van der Waals surface area contributed by atoms with E-state index in [4.69, 9.17) is 5.73 Å². The number of carbonyl (C=O) groups excluding carboxylic acids is 2. The lowest BCUT2D eigenvalue weighted by Gasteiger charge is -2.20. The highest BCUT2D eigenvalue weighted by molar-refractivity contribution is 6.00. The van der Waals surface area contributed by atoms with E-state index >= 15 is 0 Å². The van der Waals surface area contributed by atoms with Gasteiger partial charge in [-0.05, 0) is 26.0 Å². The minimum Gasteiger partial charge on any atom is -0.468 e. The zero-order chi connectivity index (χ0) is 13.7. The molecule has 0 aliphatic rings. The maximum atomic E-state index is 12.2. The summed E-state index contributed by atoms with van der Waals surface area (Å²) in [5, 5.41) is 0. The molecule has 18 heavy (non-hydrogen) atoms. The molecule has 1 aromatic carbocycles. The molecule has 5 heteroatoms. The lowest BCUT2D eigenvalue weighted by atomic mass is 10.1. The van der Waals surface area contributed by atoms with Crippen LogP contribution in [0.15, 0.2) is 18.2 Å². The van der Waals surface area contributed by atoms with E-state index in [0.29, 0.717) is 17.8 Å². The Morgan fingerprint density at radius 2 is 2.06 bits per heavy atom. The number of anilines is 1. The lowest BCUT2D eigenvalue weighted by molar-refractivity contribution is -0.141. The van der Waals surface area contributed by atoms with Crippen molar-refractivity contribution in [2.45, 2.75) is 13.8 Å². The van der Waals surface area contributed by atoms with Gasteiger partial charge in [-0.2, -0.15) is 0 Å². The molecule has 1 aromatic rings. The summed E-state index contributed by atoms with van der Waals surface area (Å²) in [6.45, 7) is 4.03. The van der Waals surface area contributed by atoms with Gasteiger partial charge in [0.25, 0.3) is 5.91 Å². The predicted octanol–water partition coefficient (Wildman–Crippen LogP) is 1.21. The molecule has 5 nitrogen and oxygen atoms in total. The second-order valence-corrected chi connectivity index (χ2v) is 3.99. The Morgan fingerprint density at radius 3 is 2.61 bits per heavy atom. The summed E-state index contributed by atoms with van der Waals surface area (Å²) in [5.74, 6) is -0.708. The number of amides is 1. The summed E-state index contributed by atoms with van der Waals surface area (Å²) in [4.78, 5) is 24.9. The van der Waals surface area contributed by atoms with Gasteiger partial charge in [-0.25, -0.2) is 0 Å². The van der Waals surface area contributed by atoms with Gasteiger partial charge in [0.05, 0.1) is 12.7 Å². The van der Waals surface area contributed by atoms with Crippen molar-refractivity contribution in [3.8, 4) is 0 Å². The Balaban J connectivity index is 2.96. The van der Waals surface area contributed by atoms with Crippen LogP contribution in [0, 0.1) is 6.92 Å². The molecule has 0 fully saturated rings. The van der Waals surface area contributed by atoms with E-state index in [1.54, 1.807) is 19.1 Å². The van der Waals surface area contributed by atoms with Crippen molar-refractivity contribution in [3.05, 3.63) is 29.3 Å². The minimum absolute atomic E-state index is 0.0702. The number of rotatable bonds is 4. The topological polar surface area (TPSA) is 72.6 Å². The molecule has 0 radical (unpaired) electrons. The van der Waals surface area contributed by atoms with Crippen LogP contribution in [0.5, 0.6) is 0 Å². The lowest BCUT2D eigenvalue weighted by Crippen LogP contribution is -2.36. The second-order valence-electron chi connectivity index (χ2n) is 3.99. The summed E-state index contributed by atoms with van der Waals surface area (Å²) in [5.41, 5.74) is 7.56. The smallest absolute Gasteiger partial charge is 0.325 e. The first kappa shape index (κ1) is 14.0. The van der Waals surface area contributed by atoms with E-state index < -0.39 is 5.97 Å². The normalized spacial score (nSPS) is 9.94. The highest BCUT2D eigenvalue weighted by Gasteiger charge is 2.19. The first-order valence-corrected chi connectivity index (χ1v) is 5.71. The molecule has 0 unspecified atom stereocenters. The largest absolute Gasteiger partial charge is 0.468 e. The highest BCUT2D eigenvalue weighted by Crippen LogP contribution is 2.16. The molecule has 0 aromatic heterocycles. The van der Waals surface area contributed by atoms with Crippen molar-refractivity contribution in [1.82, 2.24) is 4.90 Å². The number of methoxy groups -OCH3 is 1. The minimum atomic E-state index is -0.448. The molecule has 2 N–H and O–H groups in total. The molecule has 0 saturated carbocycles. The van der Waals surface area contributed by atoms with Crippen molar-refractivity contribution in [2.75, 3.05) is 25.9 Å². The average Bonchev–Trinajstić information content (AvgIpc) is 2.37. The first-order chi connectivity index (χ1) is 8.49. The van der Waals surface area contributed by atoms with E-state index in [-0.39, 0.29) is 12.5 Å². The summed E-state index contributed by atoms with van der Waals surface area (Å²) < 4.78 is 4.56. The van der Waals surface area contributed by atoms with Crippen LogP contribution in [-0.2, 0) is 9.53 Å². The van der Waals surface area contributed by atoms with Gasteiger partial charge in [0, 0.05) is 12.2 Å². The highest BCUT2D eigenvalue weighted by atomic mass is 16.5. The molecule has 0 aliphatic carbocycles. The monoisotopic (exact) mass is 250 g/mol. The Kier molecular flexibility index (Phi) is 4.71. The number of nitrogens with zero attached hydrogens (tertiary/aromatic N) is 1. The molecule has 98 valence electrons. The van der Waals surface area contributed by atoms with Crippen molar-refractivity contribution in [1.29, 1.82) is 0 Å². The third-order valence-electron chi connectivity index (χ3n) is 2.66. The van der Waals surface area contributed by atoms with Gasteiger partial charge in [-0.3, -0.25) is 9.59 Å². The molecule has 0 spiro atoms. The Hall–Kier alpha value is -2.04. The molecule has 0 heterocycles. The van der Waals surface area contributed by atoms with Crippen LogP contribution < -0.4 is 5.73 Å². The molecule has 0 bridgehead atoms. The van der Waals surface area contributed by atoms with Crippen LogP contribution in [0.1, 0.15) is 22.8 Å². The third-order valence-corrected chi connectivity index (χ3v) is 2.66. The fourth-order valence-electron chi connectivity index (χ4n) is 1.57. The molecular formula is C13H18N2O3. The Morgan fingerprint density at radius 1 is 1.39 bits per heavy atom. The van der Waals surface area contributed by atoms with Crippen LogP contribution in [0.4, 0.5) is 5.69 Å². The van der Waals surface area contributed by atoms with Crippen molar-refractivity contribution < 1.29 is 14.3 Å². The van der Waals surface area contributed by atoms with Crippen molar-refractivity contribution >= 4 is 17.6 Å². The third kappa shape index (κ3) is 3.23. The van der Waals surface area contributed by atoms with Crippen LogP contribution >= 0.6 is 0 Å². The Bertz CT molecular complexity index is 458. The molecule has 0 aliphatic heterocycles. The zero-order valence-corrected chi connectivity index (χ0v) is 10.9. The number of likely N-dealkylation sites (N-methyl/N-ethyl adjacent to an activating group) is 1. The van der Waals surface area contributed by atoms with Crippen molar-refractivity contribution in [3.63, 3.8) is 0 Å². The van der Waals surface area contributed by atoms with E-state index in [9.17, 15) is 9.59 Å². The maximum Gasteiger partial charge on any atom is 0.325 e. The van der Waals surface area contributed by atoms with Gasteiger partial charge < -0.3 is 15.4 Å². The van der Waals surface area contributed by atoms with Crippen molar-refractivity contribution in [2.24, 2.45) is 0 Å². The van der Waals surface area contributed by atoms with Crippen LogP contribution in [-0.4, -0.2) is 37.0 Å². The number of aryl methyl sites for hydroxylation is 1. The Labute approximate surface area is 107 Å². The van der Waals surface area contributed by atoms with Crippen LogP contribution in [0.3, 0.4) is 0 Å². The van der Waals surface area contributed by atoms with E-state index in [1.165, 1.54) is 12.0 Å². The molecule has 0 saturated heterocycles. The van der Waals surface area contributed by atoms with E-state index in [1.807, 2.05) is 13.0 Å². The number of hydrogen-bond acceptors (Lipinski definition) is 4. The average molecular weight is 250 g/mol. The van der Waals surface area contributed by atoms with E-state index in [2.05, 4.69) is 4.74 Å².